The van der Waals surface area contributed by atoms with Crippen LogP contribution in [-0.2, 0) is 0 Å². The zero-order chi connectivity index (χ0) is 6.74. The summed E-state index contributed by atoms with van der Waals surface area (Å²) in [6.07, 6.45) is 6.90. The van der Waals surface area contributed by atoms with Gasteiger partial charge in [-0.15, -0.1) is 0 Å². The second kappa shape index (κ2) is 2.70. The number of hydrogen-bond acceptors (Lipinski definition) is 1. The van der Waals surface area contributed by atoms with Gasteiger partial charge in [0.05, 0.1) is 0 Å². The van der Waals surface area contributed by atoms with Gasteiger partial charge < -0.3 is 5.73 Å². The maximum atomic E-state index is 5.49. The van der Waals surface area contributed by atoms with Crippen LogP contribution < -0.4 is 5.73 Å². The number of rotatable bonds is 2. The summed E-state index contributed by atoms with van der Waals surface area (Å²) in [6.45, 7) is 3.24. The zero-order valence-corrected chi connectivity index (χ0v) is 6.32. The average Bonchev–Trinajstić information content (AvgIpc) is 2.16. The third-order valence-corrected chi connectivity index (χ3v) is 2.56. The van der Waals surface area contributed by atoms with Crippen LogP contribution in [-0.4, -0.2) is 6.54 Å². The third-order valence-electron chi connectivity index (χ3n) is 2.56. The molecule has 1 saturated carbocycles. The highest BCUT2D eigenvalue weighted by Crippen LogP contribution is 2.39. The highest BCUT2D eigenvalue weighted by Gasteiger charge is 2.26. The summed E-state index contributed by atoms with van der Waals surface area (Å²) < 4.78 is 0. The molecule has 0 aromatic rings. The van der Waals surface area contributed by atoms with E-state index in [-0.39, 0.29) is 0 Å². The minimum atomic E-state index is 0.620. The second-order valence-electron chi connectivity index (χ2n) is 3.56. The zero-order valence-electron chi connectivity index (χ0n) is 6.32. The fraction of sp³-hybridized carbons (Fsp3) is 1.00. The number of hydrogen-bond donors (Lipinski definition) is 1. The Morgan fingerprint density at radius 1 is 1.33 bits per heavy atom. The van der Waals surface area contributed by atoms with Gasteiger partial charge in [-0.3, -0.25) is 0 Å². The van der Waals surface area contributed by atoms with E-state index in [2.05, 4.69) is 6.92 Å². The molecule has 54 valence electrons. The molecule has 1 nitrogen and oxygen atoms in total. The summed E-state index contributed by atoms with van der Waals surface area (Å²) >= 11 is 0. The Kier molecular flexibility index (Phi) is 2.12. The van der Waals surface area contributed by atoms with Crippen LogP contribution in [0, 0.1) is 5.41 Å². The number of nitrogens with two attached hydrogens (primary N) is 1. The molecule has 0 atom stereocenters. The van der Waals surface area contributed by atoms with Crippen molar-refractivity contribution in [2.75, 3.05) is 6.54 Å². The van der Waals surface area contributed by atoms with Gasteiger partial charge in [-0.1, -0.05) is 19.8 Å². The molecule has 9 heavy (non-hydrogen) atoms. The van der Waals surface area contributed by atoms with E-state index in [9.17, 15) is 0 Å². The van der Waals surface area contributed by atoms with Crippen LogP contribution in [0.25, 0.3) is 0 Å². The second-order valence-corrected chi connectivity index (χ2v) is 3.56. The maximum absolute atomic E-state index is 5.49. The highest BCUT2D eigenvalue weighted by atomic mass is 14.5. The molecule has 0 spiro atoms. The van der Waals surface area contributed by atoms with Gasteiger partial charge in [0, 0.05) is 0 Å². The molecule has 2 N–H and O–H groups in total. The molecule has 0 bridgehead atoms. The van der Waals surface area contributed by atoms with Gasteiger partial charge in [-0.2, -0.15) is 0 Å². The summed E-state index contributed by atoms with van der Waals surface area (Å²) in [5.74, 6) is 0. The van der Waals surface area contributed by atoms with E-state index in [1.54, 1.807) is 0 Å². The van der Waals surface area contributed by atoms with Crippen molar-refractivity contribution in [3.8, 4) is 0 Å². The van der Waals surface area contributed by atoms with E-state index < -0.39 is 0 Å². The van der Waals surface area contributed by atoms with Gasteiger partial charge in [0.25, 0.3) is 0 Å². The lowest BCUT2D eigenvalue weighted by molar-refractivity contribution is 0.314. The molecule has 0 radical (unpaired) electrons. The Bertz CT molecular complexity index is 82.6. The molecule has 0 aliphatic heterocycles. The smallest absolute Gasteiger partial charge is 0.00721 e. The van der Waals surface area contributed by atoms with Crippen molar-refractivity contribution >= 4 is 0 Å². The van der Waals surface area contributed by atoms with Crippen LogP contribution in [0.2, 0.25) is 0 Å². The van der Waals surface area contributed by atoms with Crippen LogP contribution in [0.15, 0.2) is 0 Å². The van der Waals surface area contributed by atoms with Crippen molar-refractivity contribution in [2.45, 2.75) is 39.0 Å². The van der Waals surface area contributed by atoms with E-state index in [1.807, 2.05) is 0 Å². The van der Waals surface area contributed by atoms with Crippen molar-refractivity contribution in [1.29, 1.82) is 0 Å². The fourth-order valence-corrected chi connectivity index (χ4v) is 1.83. The largest absolute Gasteiger partial charge is 0.330 e. The molecule has 0 aromatic carbocycles. The Labute approximate surface area is 57.6 Å². The van der Waals surface area contributed by atoms with Crippen LogP contribution in [0.1, 0.15) is 39.0 Å². The Morgan fingerprint density at radius 3 is 2.33 bits per heavy atom. The molecule has 0 amide bonds. The van der Waals surface area contributed by atoms with Gasteiger partial charge >= 0.3 is 0 Å². The van der Waals surface area contributed by atoms with Crippen LogP contribution in [0.3, 0.4) is 0 Å². The quantitative estimate of drug-likeness (QED) is 0.602. The first-order chi connectivity index (χ1) is 4.27. The van der Waals surface area contributed by atoms with Crippen molar-refractivity contribution in [3.05, 3.63) is 0 Å². The van der Waals surface area contributed by atoms with Crippen molar-refractivity contribution < 1.29 is 0 Å². The monoisotopic (exact) mass is 127 g/mol. The first kappa shape index (κ1) is 7.07. The molecule has 0 unspecified atom stereocenters. The van der Waals surface area contributed by atoms with Gasteiger partial charge in [0.15, 0.2) is 0 Å². The maximum Gasteiger partial charge on any atom is -0.00721 e. The Morgan fingerprint density at radius 2 is 1.89 bits per heavy atom. The molecule has 1 heteroatoms. The predicted octanol–water partition coefficient (Wildman–Crippen LogP) is 1.92. The SMILES string of the molecule is CC1(CCN)CCCC1. The van der Waals surface area contributed by atoms with Gasteiger partial charge in [-0.25, -0.2) is 0 Å². The van der Waals surface area contributed by atoms with Crippen molar-refractivity contribution in [1.82, 2.24) is 0 Å². The third kappa shape index (κ3) is 1.68. The van der Waals surface area contributed by atoms with E-state index in [0.717, 1.165) is 6.54 Å². The molecule has 1 fully saturated rings. The standard InChI is InChI=1S/C8H17N/c1-8(6-7-9)4-2-3-5-8/h2-7,9H2,1H3. The molecule has 1 aliphatic rings. The first-order valence-corrected chi connectivity index (χ1v) is 3.97. The summed E-state index contributed by atoms with van der Waals surface area (Å²) in [6, 6.07) is 0. The minimum Gasteiger partial charge on any atom is -0.330 e. The molecule has 0 saturated heterocycles. The normalized spacial score (nSPS) is 24.7. The summed E-state index contributed by atoms with van der Waals surface area (Å²) in [5, 5.41) is 0. The van der Waals surface area contributed by atoms with E-state index >= 15 is 0 Å². The lowest BCUT2D eigenvalue weighted by Gasteiger charge is -2.21. The Hall–Kier alpha value is -0.0400. The molecular weight excluding hydrogens is 110 g/mol. The van der Waals surface area contributed by atoms with Gasteiger partial charge in [-0.05, 0) is 31.2 Å². The topological polar surface area (TPSA) is 26.0 Å². The van der Waals surface area contributed by atoms with E-state index in [1.165, 1.54) is 32.1 Å². The predicted molar refractivity (Wildman–Crippen MR) is 40.2 cm³/mol. The molecular formula is C8H17N. The van der Waals surface area contributed by atoms with Gasteiger partial charge in [0.2, 0.25) is 0 Å². The molecule has 0 heterocycles. The summed E-state index contributed by atoms with van der Waals surface area (Å²) in [5.41, 5.74) is 6.11. The van der Waals surface area contributed by atoms with E-state index in [0.29, 0.717) is 5.41 Å². The molecule has 1 rings (SSSR count). The van der Waals surface area contributed by atoms with Crippen LogP contribution >= 0.6 is 0 Å². The van der Waals surface area contributed by atoms with Crippen LogP contribution in [0.4, 0.5) is 0 Å². The fourth-order valence-electron chi connectivity index (χ4n) is 1.83. The Balaban J connectivity index is 2.32. The molecule has 0 aromatic heterocycles. The molecule has 1 aliphatic carbocycles. The van der Waals surface area contributed by atoms with Crippen molar-refractivity contribution in [3.63, 3.8) is 0 Å². The average molecular weight is 127 g/mol. The van der Waals surface area contributed by atoms with Crippen LogP contribution in [0.5, 0.6) is 0 Å². The van der Waals surface area contributed by atoms with E-state index in [4.69, 9.17) is 5.73 Å². The van der Waals surface area contributed by atoms with Crippen molar-refractivity contribution in [2.24, 2.45) is 11.1 Å². The summed E-state index contributed by atoms with van der Waals surface area (Å²) in [7, 11) is 0. The summed E-state index contributed by atoms with van der Waals surface area (Å²) in [4.78, 5) is 0. The lowest BCUT2D eigenvalue weighted by Crippen LogP contribution is -2.16. The lowest BCUT2D eigenvalue weighted by atomic mass is 9.85. The minimum absolute atomic E-state index is 0.620. The van der Waals surface area contributed by atoms with Gasteiger partial charge in [0.1, 0.15) is 0 Å². The first-order valence-electron chi connectivity index (χ1n) is 3.97. The highest BCUT2D eigenvalue weighted by molar-refractivity contribution is 4.79.